The van der Waals surface area contributed by atoms with Crippen molar-refractivity contribution >= 4 is 29.1 Å². The Morgan fingerprint density at radius 1 is 1.10 bits per heavy atom. The van der Waals surface area contributed by atoms with E-state index in [0.29, 0.717) is 12.0 Å². The van der Waals surface area contributed by atoms with Crippen molar-refractivity contribution in [1.29, 1.82) is 0 Å². The first-order chi connectivity index (χ1) is 10.0. The van der Waals surface area contributed by atoms with E-state index in [1.807, 2.05) is 19.1 Å². The Hall–Kier alpha value is -1.95. The van der Waals surface area contributed by atoms with E-state index in [2.05, 4.69) is 23.1 Å². The lowest BCUT2D eigenvalue weighted by Crippen LogP contribution is -2.48. The van der Waals surface area contributed by atoms with Gasteiger partial charge in [0.25, 0.3) is 5.91 Å². The average Bonchev–Trinajstić information content (AvgIpc) is 2.46. The molecule has 0 radical (unpaired) electrons. The lowest BCUT2D eigenvalue weighted by Gasteiger charge is -2.10. The number of unbranched alkanes of at least 4 members (excludes halogenated alkanes) is 2. The van der Waals surface area contributed by atoms with Gasteiger partial charge in [0.1, 0.15) is 0 Å². The first kappa shape index (κ1) is 17.1. The van der Waals surface area contributed by atoms with Crippen molar-refractivity contribution in [2.75, 3.05) is 0 Å². The molecule has 0 saturated carbocycles. The average molecular weight is 307 g/mol. The highest BCUT2D eigenvalue weighted by molar-refractivity contribution is 7.80. The van der Waals surface area contributed by atoms with Crippen molar-refractivity contribution < 1.29 is 9.59 Å². The summed E-state index contributed by atoms with van der Waals surface area (Å²) in [6.07, 6.45) is 3.34. The van der Waals surface area contributed by atoms with E-state index in [0.717, 1.165) is 24.8 Å². The first-order valence-electron chi connectivity index (χ1n) is 6.99. The van der Waals surface area contributed by atoms with Gasteiger partial charge >= 0.3 is 0 Å². The Kier molecular flexibility index (Phi) is 7.39. The summed E-state index contributed by atoms with van der Waals surface area (Å²) in [6.45, 7) is 4.02. The maximum Gasteiger partial charge on any atom is 0.269 e. The van der Waals surface area contributed by atoms with Gasteiger partial charge in [0.05, 0.1) is 0 Å². The number of amides is 2. The normalized spacial score (nSPS) is 9.81. The topological polar surface area (TPSA) is 70.2 Å². The molecule has 0 aliphatic carbocycles. The van der Waals surface area contributed by atoms with E-state index >= 15 is 0 Å². The second-order valence-electron chi connectivity index (χ2n) is 4.78. The van der Waals surface area contributed by atoms with Gasteiger partial charge in [0.15, 0.2) is 5.11 Å². The van der Waals surface area contributed by atoms with Crippen molar-refractivity contribution in [2.24, 2.45) is 0 Å². The maximum atomic E-state index is 11.8. The smallest absolute Gasteiger partial charge is 0.269 e. The van der Waals surface area contributed by atoms with Crippen molar-refractivity contribution in [3.63, 3.8) is 0 Å². The zero-order valence-electron chi connectivity index (χ0n) is 12.4. The largest absolute Gasteiger partial charge is 0.302 e. The molecule has 6 heteroatoms. The van der Waals surface area contributed by atoms with E-state index in [1.54, 1.807) is 12.1 Å². The molecule has 0 atom stereocenters. The summed E-state index contributed by atoms with van der Waals surface area (Å²) in [7, 11) is 0. The predicted octanol–water partition coefficient (Wildman–Crippen LogP) is 2.21. The minimum atomic E-state index is -0.308. The molecule has 1 rings (SSSR count). The van der Waals surface area contributed by atoms with E-state index in [4.69, 9.17) is 12.2 Å². The Balaban J connectivity index is 2.30. The van der Waals surface area contributed by atoms with Gasteiger partial charge in [-0.3, -0.25) is 20.4 Å². The van der Waals surface area contributed by atoms with Crippen molar-refractivity contribution in [1.82, 2.24) is 16.2 Å². The van der Waals surface area contributed by atoms with Crippen LogP contribution in [-0.4, -0.2) is 16.9 Å². The van der Waals surface area contributed by atoms with Crippen LogP contribution in [0.3, 0.4) is 0 Å². The molecule has 0 fully saturated rings. The van der Waals surface area contributed by atoms with Gasteiger partial charge in [-0.25, -0.2) is 0 Å². The van der Waals surface area contributed by atoms with Gasteiger partial charge in [-0.1, -0.05) is 37.5 Å². The van der Waals surface area contributed by atoms with Crippen LogP contribution in [0.15, 0.2) is 24.3 Å². The first-order valence-corrected chi connectivity index (χ1v) is 7.40. The fourth-order valence-corrected chi connectivity index (χ4v) is 1.81. The van der Waals surface area contributed by atoms with Gasteiger partial charge in [0.2, 0.25) is 5.91 Å². The van der Waals surface area contributed by atoms with Crippen LogP contribution in [0.2, 0.25) is 0 Å². The minimum Gasteiger partial charge on any atom is -0.302 e. The highest BCUT2D eigenvalue weighted by atomic mass is 32.1. The van der Waals surface area contributed by atoms with Crippen LogP contribution in [0, 0.1) is 6.92 Å². The molecule has 0 unspecified atom stereocenters. The molecular formula is C15H21N3O2S. The van der Waals surface area contributed by atoms with Crippen LogP contribution >= 0.6 is 12.2 Å². The number of hydrogen-bond donors (Lipinski definition) is 3. The summed E-state index contributed by atoms with van der Waals surface area (Å²) < 4.78 is 0. The molecule has 114 valence electrons. The summed E-state index contributed by atoms with van der Waals surface area (Å²) in [4.78, 5) is 23.3. The standard InChI is InChI=1S/C15H21N3O2S/c1-3-4-5-6-13(19)16-15(21)18-17-14(20)12-9-7-11(2)8-10-12/h7-10H,3-6H2,1-2H3,(H,17,20)(H2,16,18,19,21). The van der Waals surface area contributed by atoms with Crippen LogP contribution < -0.4 is 16.2 Å². The molecule has 1 aromatic carbocycles. The Morgan fingerprint density at radius 2 is 1.76 bits per heavy atom. The molecule has 21 heavy (non-hydrogen) atoms. The number of carbonyl (C=O) groups is 2. The fourth-order valence-electron chi connectivity index (χ4n) is 1.65. The summed E-state index contributed by atoms with van der Waals surface area (Å²) in [5, 5.41) is 2.62. The van der Waals surface area contributed by atoms with Crippen LogP contribution in [0.4, 0.5) is 0 Å². The highest BCUT2D eigenvalue weighted by Crippen LogP contribution is 2.02. The fraction of sp³-hybridized carbons (Fsp3) is 0.400. The molecule has 1 aromatic rings. The van der Waals surface area contributed by atoms with E-state index in [1.165, 1.54) is 0 Å². The predicted molar refractivity (Wildman–Crippen MR) is 86.7 cm³/mol. The van der Waals surface area contributed by atoms with Crippen molar-refractivity contribution in [3.05, 3.63) is 35.4 Å². The number of rotatable bonds is 5. The molecule has 0 aromatic heterocycles. The van der Waals surface area contributed by atoms with Crippen molar-refractivity contribution in [2.45, 2.75) is 39.5 Å². The third-order valence-electron chi connectivity index (χ3n) is 2.86. The lowest BCUT2D eigenvalue weighted by atomic mass is 10.1. The molecule has 5 nitrogen and oxygen atoms in total. The quantitative estimate of drug-likeness (QED) is 0.443. The van der Waals surface area contributed by atoms with E-state index < -0.39 is 0 Å². The Bertz CT molecular complexity index is 500. The number of thiocarbonyl (C=S) groups is 1. The molecule has 0 bridgehead atoms. The van der Waals surface area contributed by atoms with E-state index in [9.17, 15) is 9.59 Å². The molecule has 0 aliphatic heterocycles. The monoisotopic (exact) mass is 307 g/mol. The summed E-state index contributed by atoms with van der Waals surface area (Å²) in [5.74, 6) is -0.455. The third-order valence-corrected chi connectivity index (χ3v) is 3.07. The molecule has 0 saturated heterocycles. The minimum absolute atomic E-state index is 0.0944. The summed E-state index contributed by atoms with van der Waals surface area (Å²) >= 11 is 4.94. The summed E-state index contributed by atoms with van der Waals surface area (Å²) in [6, 6.07) is 7.14. The van der Waals surface area contributed by atoms with Gasteiger partial charge in [-0.15, -0.1) is 0 Å². The second-order valence-corrected chi connectivity index (χ2v) is 5.19. The molecule has 0 heterocycles. The van der Waals surface area contributed by atoms with Gasteiger partial charge in [-0.05, 0) is 37.7 Å². The number of nitrogens with one attached hydrogen (secondary N) is 3. The van der Waals surface area contributed by atoms with Gasteiger partial charge in [-0.2, -0.15) is 0 Å². The number of aryl methyl sites for hydroxylation is 1. The maximum absolute atomic E-state index is 11.8. The number of hydrogen-bond acceptors (Lipinski definition) is 3. The SMILES string of the molecule is CCCCCC(=O)NC(=S)NNC(=O)c1ccc(C)cc1. The molecular weight excluding hydrogens is 286 g/mol. The molecule has 0 spiro atoms. The zero-order chi connectivity index (χ0) is 15.7. The van der Waals surface area contributed by atoms with Gasteiger partial charge < -0.3 is 5.32 Å². The third kappa shape index (κ3) is 6.85. The molecule has 2 amide bonds. The van der Waals surface area contributed by atoms with Gasteiger partial charge in [0, 0.05) is 12.0 Å². The number of carbonyl (C=O) groups excluding carboxylic acids is 2. The Labute approximate surface area is 130 Å². The lowest BCUT2D eigenvalue weighted by molar-refractivity contribution is -0.119. The number of hydrazine groups is 1. The Morgan fingerprint density at radius 3 is 2.38 bits per heavy atom. The van der Waals surface area contributed by atoms with Crippen LogP contribution in [0.25, 0.3) is 0 Å². The molecule has 3 N–H and O–H groups in total. The number of benzene rings is 1. The highest BCUT2D eigenvalue weighted by Gasteiger charge is 2.07. The van der Waals surface area contributed by atoms with Crippen LogP contribution in [0.1, 0.15) is 48.5 Å². The van der Waals surface area contributed by atoms with Crippen molar-refractivity contribution in [3.8, 4) is 0 Å². The molecule has 0 aliphatic rings. The van der Waals surface area contributed by atoms with E-state index in [-0.39, 0.29) is 16.9 Å². The summed E-state index contributed by atoms with van der Waals surface area (Å²) in [5.41, 5.74) is 6.56. The second kappa shape index (κ2) is 9.07. The van der Waals surface area contributed by atoms with Crippen LogP contribution in [0.5, 0.6) is 0 Å². The zero-order valence-corrected chi connectivity index (χ0v) is 13.2. The van der Waals surface area contributed by atoms with Crippen LogP contribution in [-0.2, 0) is 4.79 Å².